The minimum Gasteiger partial charge on any atom is -0.466 e. The smallest absolute Gasteiger partial charge is 0.219 e. The van der Waals surface area contributed by atoms with Gasteiger partial charge in [0.25, 0.3) is 0 Å². The summed E-state index contributed by atoms with van der Waals surface area (Å²) in [6.45, 7) is 7.08. The Morgan fingerprint density at radius 2 is 1.67 bits per heavy atom. The van der Waals surface area contributed by atoms with Gasteiger partial charge in [-0.2, -0.15) is 10.2 Å². The fourth-order valence-electron chi connectivity index (χ4n) is 5.08. The third-order valence-electron chi connectivity index (χ3n) is 7.47. The highest BCUT2D eigenvalue weighted by Crippen LogP contribution is 2.43. The van der Waals surface area contributed by atoms with Crippen LogP contribution in [-0.4, -0.2) is 52.2 Å². The van der Waals surface area contributed by atoms with Gasteiger partial charge < -0.3 is 14.6 Å². The molecule has 4 unspecified atom stereocenters. The Morgan fingerprint density at radius 3 is 2.24 bits per heavy atom. The highest BCUT2D eigenvalue weighted by molar-refractivity contribution is 9.09. The first-order chi connectivity index (χ1) is 21.5. The van der Waals surface area contributed by atoms with E-state index in [0.717, 1.165) is 23.1 Å². The van der Waals surface area contributed by atoms with Crippen LogP contribution in [0.15, 0.2) is 98.1 Å². The van der Waals surface area contributed by atoms with Crippen LogP contribution in [0.5, 0.6) is 5.75 Å². The second kappa shape index (κ2) is 14.4. The first-order valence-corrected chi connectivity index (χ1v) is 16.1. The van der Waals surface area contributed by atoms with Crippen LogP contribution in [0.4, 0.5) is 0 Å². The molecule has 2 aromatic heterocycles. The quantitative estimate of drug-likeness (QED) is 0.165. The van der Waals surface area contributed by atoms with Crippen LogP contribution in [0.3, 0.4) is 0 Å². The van der Waals surface area contributed by atoms with E-state index >= 15 is 0 Å². The number of hydrogen-bond acceptors (Lipinski definition) is 7. The van der Waals surface area contributed by atoms with E-state index in [1.807, 2.05) is 75.4 Å². The SMILES string of the molecule is CC(C)(C)C(O)C(Oc1ccc(-c2ccccc2)cc1)n1cncn1.Clc1ccc(C2(Cn3cncn3)CC(Br)CO2)c(Cl)c1. The maximum Gasteiger partial charge on any atom is 0.219 e. The van der Waals surface area contributed by atoms with Crippen molar-refractivity contribution in [3.8, 4) is 16.9 Å². The Labute approximate surface area is 281 Å². The van der Waals surface area contributed by atoms with Gasteiger partial charge in [0.2, 0.25) is 6.23 Å². The van der Waals surface area contributed by atoms with Crippen LogP contribution in [0.2, 0.25) is 10.0 Å². The molecule has 1 aliphatic rings. The molecule has 1 N–H and O–H groups in total. The summed E-state index contributed by atoms with van der Waals surface area (Å²) in [4.78, 5) is 8.23. The number of hydrogen-bond donors (Lipinski definition) is 1. The molecule has 0 spiro atoms. The summed E-state index contributed by atoms with van der Waals surface area (Å²) in [5.41, 5.74) is 2.32. The first-order valence-electron chi connectivity index (χ1n) is 14.4. The van der Waals surface area contributed by atoms with Crippen LogP contribution in [0.25, 0.3) is 11.1 Å². The molecule has 4 atom stereocenters. The second-order valence-electron chi connectivity index (χ2n) is 11.9. The van der Waals surface area contributed by atoms with Crippen molar-refractivity contribution in [2.75, 3.05) is 6.61 Å². The number of alkyl halides is 1. The van der Waals surface area contributed by atoms with Gasteiger partial charge in [-0.15, -0.1) is 0 Å². The third kappa shape index (κ3) is 8.31. The highest BCUT2D eigenvalue weighted by atomic mass is 79.9. The molecule has 0 saturated carbocycles. The maximum absolute atomic E-state index is 10.7. The summed E-state index contributed by atoms with van der Waals surface area (Å²) in [7, 11) is 0. The molecule has 0 radical (unpaired) electrons. The van der Waals surface area contributed by atoms with Gasteiger partial charge in [0, 0.05) is 20.4 Å². The Bertz CT molecular complexity index is 1630. The van der Waals surface area contributed by atoms with Gasteiger partial charge in [-0.3, -0.25) is 0 Å². The molecule has 0 bridgehead atoms. The molecule has 1 saturated heterocycles. The molecule has 1 aliphatic heterocycles. The van der Waals surface area contributed by atoms with Crippen molar-refractivity contribution in [3.05, 3.63) is 114 Å². The van der Waals surface area contributed by atoms with Crippen molar-refractivity contribution in [1.29, 1.82) is 0 Å². The normalized spacial score (nSPS) is 19.4. The molecule has 236 valence electrons. The van der Waals surface area contributed by atoms with Gasteiger partial charge in [0.1, 0.15) is 42.8 Å². The lowest BCUT2D eigenvalue weighted by Gasteiger charge is -2.32. The Hall–Kier alpha value is -3.28. The van der Waals surface area contributed by atoms with Crippen LogP contribution in [0.1, 0.15) is 39.0 Å². The molecular formula is C33H35BrCl2N6O3. The van der Waals surface area contributed by atoms with Crippen molar-refractivity contribution in [2.24, 2.45) is 5.41 Å². The molecule has 3 heterocycles. The largest absolute Gasteiger partial charge is 0.466 e. The molecule has 6 rings (SSSR count). The van der Waals surface area contributed by atoms with Crippen LogP contribution in [0, 0.1) is 5.41 Å². The average Bonchev–Trinajstić information content (AvgIpc) is 3.80. The van der Waals surface area contributed by atoms with Crippen molar-refractivity contribution < 1.29 is 14.6 Å². The van der Waals surface area contributed by atoms with E-state index in [9.17, 15) is 5.11 Å². The molecule has 0 amide bonds. The van der Waals surface area contributed by atoms with Crippen molar-refractivity contribution in [2.45, 2.75) is 56.5 Å². The summed E-state index contributed by atoms with van der Waals surface area (Å²) in [5.74, 6) is 0.670. The Kier molecular flexibility index (Phi) is 10.6. The molecule has 3 aromatic carbocycles. The summed E-state index contributed by atoms with van der Waals surface area (Å²) in [6, 6.07) is 23.5. The summed E-state index contributed by atoms with van der Waals surface area (Å²) in [6.07, 6.45) is 5.60. The number of aliphatic hydroxyl groups excluding tert-OH is 1. The molecule has 0 aliphatic carbocycles. The molecule has 9 nitrogen and oxygen atoms in total. The van der Waals surface area contributed by atoms with E-state index in [1.54, 1.807) is 28.1 Å². The monoisotopic (exact) mass is 712 g/mol. The lowest BCUT2D eigenvalue weighted by atomic mass is 9.88. The highest BCUT2D eigenvalue weighted by Gasteiger charge is 2.43. The van der Waals surface area contributed by atoms with Gasteiger partial charge in [-0.05, 0) is 47.2 Å². The molecule has 12 heteroatoms. The standard InChI is InChI=1S/C20H23N3O2.C13H12BrCl2N3O/c1-20(2,3)18(24)19(23-14-21-13-22-23)25-17-11-9-16(10-12-17)15-7-5-4-6-8-15;14-9-4-13(20-5-9,6-19-8-17-7-18-19)11-2-1-10(15)3-12(11)16/h4-14,18-19,24H,1-3H3;1-3,7-9H,4-6H2. The Morgan fingerprint density at radius 1 is 0.978 bits per heavy atom. The van der Waals surface area contributed by atoms with Gasteiger partial charge >= 0.3 is 0 Å². The maximum atomic E-state index is 10.7. The number of aliphatic hydroxyl groups is 1. The average molecular weight is 714 g/mol. The zero-order valence-corrected chi connectivity index (χ0v) is 28.3. The number of halogens is 3. The molecule has 1 fully saturated rings. The van der Waals surface area contributed by atoms with E-state index < -0.39 is 17.9 Å². The topological polar surface area (TPSA) is 100 Å². The van der Waals surface area contributed by atoms with Crippen molar-refractivity contribution in [3.63, 3.8) is 0 Å². The molecular weight excluding hydrogens is 679 g/mol. The predicted octanol–water partition coefficient (Wildman–Crippen LogP) is 7.59. The number of aromatic nitrogens is 6. The van der Waals surface area contributed by atoms with E-state index in [1.165, 1.54) is 12.7 Å². The van der Waals surface area contributed by atoms with E-state index in [4.69, 9.17) is 32.7 Å². The van der Waals surface area contributed by atoms with Gasteiger partial charge in [0.05, 0.1) is 13.2 Å². The lowest BCUT2D eigenvalue weighted by molar-refractivity contribution is -0.0731. The number of nitrogens with zero attached hydrogens (tertiary/aromatic N) is 6. The summed E-state index contributed by atoms with van der Waals surface area (Å²) >= 11 is 16.0. The first kappa shape index (κ1) is 33.1. The predicted molar refractivity (Wildman–Crippen MR) is 178 cm³/mol. The fourth-order valence-corrected chi connectivity index (χ4v) is 6.32. The number of benzene rings is 3. The van der Waals surface area contributed by atoms with Gasteiger partial charge in [-0.1, -0.05) is 108 Å². The third-order valence-corrected chi connectivity index (χ3v) is 8.61. The van der Waals surface area contributed by atoms with Crippen LogP contribution >= 0.6 is 39.1 Å². The lowest BCUT2D eigenvalue weighted by Crippen LogP contribution is -2.38. The van der Waals surface area contributed by atoms with E-state index in [-0.39, 0.29) is 10.2 Å². The Balaban J connectivity index is 0.000000182. The summed E-state index contributed by atoms with van der Waals surface area (Å²) in [5, 5.41) is 20.2. The van der Waals surface area contributed by atoms with E-state index in [0.29, 0.717) is 28.9 Å². The zero-order chi connectivity index (χ0) is 32.0. The number of rotatable bonds is 8. The van der Waals surface area contributed by atoms with Gasteiger partial charge in [-0.25, -0.2) is 19.3 Å². The summed E-state index contributed by atoms with van der Waals surface area (Å²) < 4.78 is 15.4. The zero-order valence-electron chi connectivity index (χ0n) is 25.2. The van der Waals surface area contributed by atoms with E-state index in [2.05, 4.69) is 48.2 Å². The number of ether oxygens (including phenoxy) is 2. The van der Waals surface area contributed by atoms with Crippen molar-refractivity contribution in [1.82, 2.24) is 29.5 Å². The van der Waals surface area contributed by atoms with Crippen molar-refractivity contribution >= 4 is 39.1 Å². The second-order valence-corrected chi connectivity index (χ2v) is 14.0. The fraction of sp³-hybridized carbons (Fsp3) is 0.333. The minimum absolute atomic E-state index is 0.290. The minimum atomic E-state index is -0.747. The van der Waals surface area contributed by atoms with Crippen LogP contribution < -0.4 is 4.74 Å². The molecule has 5 aromatic rings. The molecule has 45 heavy (non-hydrogen) atoms. The van der Waals surface area contributed by atoms with Crippen LogP contribution in [-0.2, 0) is 16.9 Å². The van der Waals surface area contributed by atoms with Gasteiger partial charge in [0.15, 0.2) is 0 Å².